The molecule has 0 aromatic heterocycles. The number of piperidine rings is 1. The summed E-state index contributed by atoms with van der Waals surface area (Å²) < 4.78 is 6.13. The van der Waals surface area contributed by atoms with Crippen LogP contribution >= 0.6 is 0 Å². The van der Waals surface area contributed by atoms with Gasteiger partial charge >= 0.3 is 0 Å². The Labute approximate surface area is 115 Å². The van der Waals surface area contributed by atoms with Gasteiger partial charge in [-0.25, -0.2) is 0 Å². The van der Waals surface area contributed by atoms with Gasteiger partial charge in [0.2, 0.25) is 5.91 Å². The van der Waals surface area contributed by atoms with E-state index in [0.717, 1.165) is 32.4 Å². The fourth-order valence-electron chi connectivity index (χ4n) is 3.92. The van der Waals surface area contributed by atoms with E-state index in [2.05, 4.69) is 10.6 Å². The Bertz CT molecular complexity index is 311. The summed E-state index contributed by atoms with van der Waals surface area (Å²) in [5.41, 5.74) is 0.173. The molecule has 0 bridgehead atoms. The van der Waals surface area contributed by atoms with Crippen molar-refractivity contribution in [2.24, 2.45) is 0 Å². The molecule has 2 N–H and O–H groups in total. The maximum Gasteiger partial charge on any atom is 0.220 e. The van der Waals surface area contributed by atoms with E-state index in [1.54, 1.807) is 0 Å². The second kappa shape index (κ2) is 5.80. The van der Waals surface area contributed by atoms with E-state index in [4.69, 9.17) is 4.74 Å². The minimum absolute atomic E-state index is 0.173. The van der Waals surface area contributed by atoms with Crippen LogP contribution < -0.4 is 10.6 Å². The van der Waals surface area contributed by atoms with Crippen LogP contribution in [0.25, 0.3) is 0 Å². The van der Waals surface area contributed by atoms with E-state index >= 15 is 0 Å². The van der Waals surface area contributed by atoms with Crippen LogP contribution in [0.3, 0.4) is 0 Å². The lowest BCUT2D eigenvalue weighted by atomic mass is 9.78. The van der Waals surface area contributed by atoms with Crippen LogP contribution in [0.2, 0.25) is 0 Å². The molecular formula is C15H26N2O2. The summed E-state index contributed by atoms with van der Waals surface area (Å²) in [5.74, 6) is 0.203. The summed E-state index contributed by atoms with van der Waals surface area (Å²) in [6, 6.07) is 1.04. The molecule has 2 saturated heterocycles. The van der Waals surface area contributed by atoms with E-state index in [1.165, 1.54) is 32.1 Å². The maximum atomic E-state index is 11.2. The Hall–Kier alpha value is -0.610. The average Bonchev–Trinajstić information content (AvgIpc) is 2.42. The predicted octanol–water partition coefficient (Wildman–Crippen LogP) is 1.74. The van der Waals surface area contributed by atoms with Gasteiger partial charge < -0.3 is 15.4 Å². The van der Waals surface area contributed by atoms with Gasteiger partial charge in [0.1, 0.15) is 0 Å². The molecule has 0 aromatic rings. The maximum absolute atomic E-state index is 11.2. The van der Waals surface area contributed by atoms with E-state index in [9.17, 15) is 4.79 Å². The number of carbonyl (C=O) groups is 1. The summed E-state index contributed by atoms with van der Waals surface area (Å²) in [4.78, 5) is 11.2. The average molecular weight is 266 g/mol. The highest BCUT2D eigenvalue weighted by atomic mass is 16.5. The third kappa shape index (κ3) is 3.29. The Balaban J connectivity index is 1.52. The molecule has 4 nitrogen and oxygen atoms in total. The van der Waals surface area contributed by atoms with Gasteiger partial charge in [-0.2, -0.15) is 0 Å². The van der Waals surface area contributed by atoms with Gasteiger partial charge in [-0.05, 0) is 32.1 Å². The second-order valence-electron chi connectivity index (χ2n) is 6.49. The van der Waals surface area contributed by atoms with Gasteiger partial charge in [0.05, 0.1) is 5.60 Å². The molecule has 19 heavy (non-hydrogen) atoms. The van der Waals surface area contributed by atoms with E-state index in [1.807, 2.05) is 0 Å². The smallest absolute Gasteiger partial charge is 0.220 e. The van der Waals surface area contributed by atoms with Gasteiger partial charge in [-0.3, -0.25) is 4.79 Å². The Morgan fingerprint density at radius 1 is 1.16 bits per heavy atom. The van der Waals surface area contributed by atoms with Crippen LogP contribution in [0.1, 0.15) is 57.8 Å². The first-order valence-corrected chi connectivity index (χ1v) is 7.93. The Kier molecular flexibility index (Phi) is 4.08. The molecule has 2 unspecified atom stereocenters. The van der Waals surface area contributed by atoms with Crippen LogP contribution in [-0.4, -0.2) is 36.7 Å². The summed E-state index contributed by atoms with van der Waals surface area (Å²) in [6.07, 6.45) is 10.4. The molecular weight excluding hydrogens is 240 g/mol. The fraction of sp³-hybridized carbons (Fsp3) is 0.933. The van der Waals surface area contributed by atoms with Crippen molar-refractivity contribution in [2.45, 2.75) is 75.5 Å². The zero-order valence-corrected chi connectivity index (χ0v) is 11.7. The van der Waals surface area contributed by atoms with Crippen molar-refractivity contribution in [1.82, 2.24) is 10.6 Å². The third-order valence-corrected chi connectivity index (χ3v) is 4.99. The zero-order valence-electron chi connectivity index (χ0n) is 11.7. The number of rotatable bonds is 2. The van der Waals surface area contributed by atoms with Crippen molar-refractivity contribution in [3.8, 4) is 0 Å². The van der Waals surface area contributed by atoms with Crippen molar-refractivity contribution in [3.05, 3.63) is 0 Å². The molecule has 4 heteroatoms. The number of amides is 1. The van der Waals surface area contributed by atoms with Gasteiger partial charge in [0.15, 0.2) is 0 Å². The van der Waals surface area contributed by atoms with Crippen LogP contribution in [0.15, 0.2) is 0 Å². The van der Waals surface area contributed by atoms with Gasteiger partial charge in [-0.15, -0.1) is 0 Å². The normalized spacial score (nSPS) is 35.1. The molecule has 1 spiro atoms. The molecule has 1 saturated carbocycles. The van der Waals surface area contributed by atoms with Crippen molar-refractivity contribution < 1.29 is 9.53 Å². The highest BCUT2D eigenvalue weighted by molar-refractivity contribution is 5.76. The first-order chi connectivity index (χ1) is 9.26. The van der Waals surface area contributed by atoms with Crippen molar-refractivity contribution in [2.75, 3.05) is 13.2 Å². The number of hydrogen-bond acceptors (Lipinski definition) is 3. The lowest BCUT2D eigenvalue weighted by molar-refractivity contribution is -0.123. The molecule has 3 aliphatic rings. The summed E-state index contributed by atoms with van der Waals surface area (Å²) in [6.45, 7) is 1.69. The van der Waals surface area contributed by atoms with Gasteiger partial charge in [0, 0.05) is 31.7 Å². The number of ether oxygens (including phenoxy) is 1. The molecule has 108 valence electrons. The molecule has 0 radical (unpaired) electrons. The minimum atomic E-state index is 0.173. The van der Waals surface area contributed by atoms with Gasteiger partial charge in [0.25, 0.3) is 0 Å². The van der Waals surface area contributed by atoms with Crippen LogP contribution in [0.5, 0.6) is 0 Å². The molecule has 1 amide bonds. The molecule has 3 fully saturated rings. The minimum Gasteiger partial charge on any atom is -0.375 e. The number of nitrogens with one attached hydrogen (secondary N) is 2. The van der Waals surface area contributed by atoms with E-state index in [-0.39, 0.29) is 11.5 Å². The Morgan fingerprint density at radius 2 is 2.00 bits per heavy atom. The Morgan fingerprint density at radius 3 is 2.74 bits per heavy atom. The van der Waals surface area contributed by atoms with Crippen LogP contribution in [-0.2, 0) is 9.53 Å². The van der Waals surface area contributed by atoms with Crippen molar-refractivity contribution >= 4 is 5.91 Å². The zero-order chi connectivity index (χ0) is 13.1. The van der Waals surface area contributed by atoms with Crippen LogP contribution in [0, 0.1) is 0 Å². The van der Waals surface area contributed by atoms with Crippen molar-refractivity contribution in [3.63, 3.8) is 0 Å². The molecule has 3 rings (SSSR count). The molecule has 1 aliphatic carbocycles. The third-order valence-electron chi connectivity index (χ3n) is 4.99. The molecule has 2 heterocycles. The number of hydrogen-bond donors (Lipinski definition) is 2. The number of carbonyl (C=O) groups excluding carboxylic acids is 1. The highest BCUT2D eigenvalue weighted by Gasteiger charge is 2.39. The summed E-state index contributed by atoms with van der Waals surface area (Å²) in [5, 5.41) is 6.72. The van der Waals surface area contributed by atoms with E-state index < -0.39 is 0 Å². The lowest BCUT2D eigenvalue weighted by Gasteiger charge is -2.44. The SMILES string of the molecule is O=C1CCC(NC2CCOC3(CCCCC3)C2)CN1. The molecule has 2 aliphatic heterocycles. The largest absolute Gasteiger partial charge is 0.375 e. The first-order valence-electron chi connectivity index (χ1n) is 7.93. The lowest BCUT2D eigenvalue weighted by Crippen LogP contribution is -2.54. The predicted molar refractivity (Wildman–Crippen MR) is 74.0 cm³/mol. The molecule has 0 aromatic carbocycles. The van der Waals surface area contributed by atoms with Crippen molar-refractivity contribution in [1.29, 1.82) is 0 Å². The van der Waals surface area contributed by atoms with Gasteiger partial charge in [-0.1, -0.05) is 19.3 Å². The second-order valence-corrected chi connectivity index (χ2v) is 6.49. The van der Waals surface area contributed by atoms with Crippen LogP contribution in [0.4, 0.5) is 0 Å². The molecule has 2 atom stereocenters. The fourth-order valence-corrected chi connectivity index (χ4v) is 3.92. The van der Waals surface area contributed by atoms with E-state index in [0.29, 0.717) is 18.5 Å². The summed E-state index contributed by atoms with van der Waals surface area (Å²) in [7, 11) is 0. The standard InChI is InChI=1S/C15H26N2O2/c18-14-5-4-13(11-16-14)17-12-6-9-19-15(10-12)7-2-1-3-8-15/h12-13,17H,1-11H2,(H,16,18). The monoisotopic (exact) mass is 266 g/mol. The first kappa shape index (κ1) is 13.4. The topological polar surface area (TPSA) is 50.4 Å². The summed E-state index contributed by atoms with van der Waals surface area (Å²) >= 11 is 0. The highest BCUT2D eigenvalue weighted by Crippen LogP contribution is 2.38. The quantitative estimate of drug-likeness (QED) is 0.800.